The highest BCUT2D eigenvalue weighted by molar-refractivity contribution is 7.79. The number of aromatic nitrogens is 1. The van der Waals surface area contributed by atoms with E-state index >= 15 is 0 Å². The number of hydrogen-bond donors (Lipinski definition) is 2. The van der Waals surface area contributed by atoms with E-state index in [0.29, 0.717) is 5.03 Å². The third-order valence-electron chi connectivity index (χ3n) is 0.758. The molecule has 0 saturated heterocycles. The molecule has 2 N–H and O–H groups in total. The zero-order valence-corrected chi connectivity index (χ0v) is 4.81. The monoisotopic (exact) mass is 131 g/mol. The molecule has 0 spiro atoms. The van der Waals surface area contributed by atoms with Gasteiger partial charge in [0.25, 0.3) is 0 Å². The summed E-state index contributed by atoms with van der Waals surface area (Å²) in [6.45, 7) is 0. The molecule has 0 aromatic carbocycles. The molecular formula is C4H5NO2S. The Morgan fingerprint density at radius 3 is 2.75 bits per heavy atom. The maximum atomic E-state index is 10.1. The summed E-state index contributed by atoms with van der Waals surface area (Å²) in [4.78, 5) is 2.59. The van der Waals surface area contributed by atoms with Crippen LogP contribution in [0.4, 0.5) is 0 Å². The highest BCUT2D eigenvalue weighted by atomic mass is 32.2. The smallest absolute Gasteiger partial charge is 0.203 e. The Kier molecular flexibility index (Phi) is 1.45. The average Bonchev–Trinajstić information content (AvgIpc) is 2.12. The number of H-pyrrole nitrogens is 1. The number of hydrogen-bond acceptors (Lipinski definition) is 1. The Morgan fingerprint density at radius 1 is 1.75 bits per heavy atom. The summed E-state index contributed by atoms with van der Waals surface area (Å²) in [7, 11) is 0. The summed E-state index contributed by atoms with van der Waals surface area (Å²) in [6, 6.07) is 3.22. The molecule has 1 heterocycles. The van der Waals surface area contributed by atoms with Crippen molar-refractivity contribution in [2.24, 2.45) is 0 Å². The lowest BCUT2D eigenvalue weighted by Gasteiger charge is -1.82. The summed E-state index contributed by atoms with van der Waals surface area (Å²) in [5, 5.41) is 0.338. The van der Waals surface area contributed by atoms with Gasteiger partial charge < -0.3 is 9.54 Å². The number of aromatic amines is 1. The zero-order chi connectivity index (χ0) is 5.98. The lowest BCUT2D eigenvalue weighted by molar-refractivity contribution is 0.561. The molecule has 1 atom stereocenters. The minimum atomic E-state index is -1.85. The second-order valence-electron chi connectivity index (χ2n) is 1.28. The second kappa shape index (κ2) is 2.11. The van der Waals surface area contributed by atoms with E-state index in [4.69, 9.17) is 4.55 Å². The van der Waals surface area contributed by atoms with Crippen molar-refractivity contribution < 1.29 is 8.76 Å². The Labute approximate surface area is 49.0 Å². The van der Waals surface area contributed by atoms with Crippen LogP contribution in [0.1, 0.15) is 0 Å². The third-order valence-corrected chi connectivity index (χ3v) is 1.39. The van der Waals surface area contributed by atoms with Crippen molar-refractivity contribution >= 4 is 11.1 Å². The van der Waals surface area contributed by atoms with E-state index in [-0.39, 0.29) is 0 Å². The summed E-state index contributed by atoms with van der Waals surface area (Å²) >= 11 is -1.85. The van der Waals surface area contributed by atoms with Crippen LogP contribution in [0.5, 0.6) is 0 Å². The minimum absolute atomic E-state index is 0.338. The van der Waals surface area contributed by atoms with Crippen LogP contribution in [0.25, 0.3) is 0 Å². The third kappa shape index (κ3) is 0.962. The van der Waals surface area contributed by atoms with Gasteiger partial charge in [-0.3, -0.25) is 0 Å². The van der Waals surface area contributed by atoms with Crippen molar-refractivity contribution in [1.82, 2.24) is 4.98 Å². The summed E-state index contributed by atoms with van der Waals surface area (Å²) in [6.07, 6.45) is 1.60. The highest BCUT2D eigenvalue weighted by Gasteiger charge is 1.95. The summed E-state index contributed by atoms with van der Waals surface area (Å²) in [5.74, 6) is 0. The van der Waals surface area contributed by atoms with Crippen LogP contribution in [0, 0.1) is 0 Å². The lowest BCUT2D eigenvalue weighted by Crippen LogP contribution is -1.85. The normalized spacial score (nSPS) is 13.6. The number of rotatable bonds is 1. The molecule has 0 radical (unpaired) electrons. The lowest BCUT2D eigenvalue weighted by atomic mass is 10.7. The van der Waals surface area contributed by atoms with Crippen molar-refractivity contribution in [2.45, 2.75) is 5.03 Å². The molecule has 1 aromatic heterocycles. The van der Waals surface area contributed by atoms with Crippen molar-refractivity contribution in [1.29, 1.82) is 0 Å². The first-order valence-corrected chi connectivity index (χ1v) is 3.15. The first kappa shape index (κ1) is 5.53. The van der Waals surface area contributed by atoms with Gasteiger partial charge in [-0.2, -0.15) is 0 Å². The maximum absolute atomic E-state index is 10.1. The van der Waals surface area contributed by atoms with Gasteiger partial charge in [0.15, 0.2) is 0 Å². The van der Waals surface area contributed by atoms with Gasteiger partial charge in [0.05, 0.1) is 0 Å². The molecule has 0 aliphatic rings. The van der Waals surface area contributed by atoms with Gasteiger partial charge in [0.1, 0.15) is 5.03 Å². The van der Waals surface area contributed by atoms with Crippen molar-refractivity contribution in [2.75, 3.05) is 0 Å². The van der Waals surface area contributed by atoms with E-state index in [1.54, 1.807) is 18.3 Å². The molecule has 0 aliphatic carbocycles. The van der Waals surface area contributed by atoms with Crippen LogP contribution in [0.3, 0.4) is 0 Å². The van der Waals surface area contributed by atoms with Crippen LogP contribution >= 0.6 is 0 Å². The van der Waals surface area contributed by atoms with Gasteiger partial charge in [-0.1, -0.05) is 0 Å². The van der Waals surface area contributed by atoms with Gasteiger partial charge >= 0.3 is 0 Å². The maximum Gasteiger partial charge on any atom is 0.203 e. The first-order valence-electron chi connectivity index (χ1n) is 2.05. The SMILES string of the molecule is O=S(O)c1ccc[nH]1. The van der Waals surface area contributed by atoms with Crippen molar-refractivity contribution in [3.8, 4) is 0 Å². The fourth-order valence-corrected chi connectivity index (χ4v) is 0.786. The predicted octanol–water partition coefficient (Wildman–Crippen LogP) is 0.595. The molecule has 44 valence electrons. The van der Waals surface area contributed by atoms with Crippen LogP contribution in [-0.4, -0.2) is 13.7 Å². The van der Waals surface area contributed by atoms with Crippen molar-refractivity contribution in [3.63, 3.8) is 0 Å². The van der Waals surface area contributed by atoms with E-state index in [1.807, 2.05) is 0 Å². The number of nitrogens with one attached hydrogen (secondary N) is 1. The Hall–Kier alpha value is -0.610. The fraction of sp³-hybridized carbons (Fsp3) is 0. The van der Waals surface area contributed by atoms with Crippen LogP contribution < -0.4 is 0 Å². The van der Waals surface area contributed by atoms with E-state index in [0.717, 1.165) is 0 Å². The van der Waals surface area contributed by atoms with Crippen LogP contribution in [0.2, 0.25) is 0 Å². The standard InChI is InChI=1S/C4H5NO2S/c6-8(7)4-2-1-3-5-4/h1-3,5H,(H,6,7). The summed E-state index contributed by atoms with van der Waals surface area (Å²) in [5.41, 5.74) is 0. The molecule has 8 heavy (non-hydrogen) atoms. The second-order valence-corrected chi connectivity index (χ2v) is 2.22. The van der Waals surface area contributed by atoms with E-state index in [1.165, 1.54) is 0 Å². The van der Waals surface area contributed by atoms with Gasteiger partial charge in [-0.05, 0) is 12.1 Å². The molecule has 3 nitrogen and oxygen atoms in total. The Bertz CT molecular complexity index is 182. The molecule has 1 aromatic rings. The van der Waals surface area contributed by atoms with Crippen LogP contribution in [-0.2, 0) is 11.1 Å². The molecule has 0 amide bonds. The topological polar surface area (TPSA) is 53.1 Å². The van der Waals surface area contributed by atoms with Crippen molar-refractivity contribution in [3.05, 3.63) is 18.3 Å². The highest BCUT2D eigenvalue weighted by Crippen LogP contribution is 1.96. The molecular weight excluding hydrogens is 126 g/mol. The Balaban J connectivity index is 2.93. The van der Waals surface area contributed by atoms with E-state index in [9.17, 15) is 4.21 Å². The molecule has 0 bridgehead atoms. The molecule has 0 fully saturated rings. The van der Waals surface area contributed by atoms with Crippen LogP contribution in [0.15, 0.2) is 23.4 Å². The minimum Gasteiger partial charge on any atom is -0.353 e. The van der Waals surface area contributed by atoms with E-state index < -0.39 is 11.1 Å². The quantitative estimate of drug-likeness (QED) is 0.548. The molecule has 0 aliphatic heterocycles. The average molecular weight is 131 g/mol. The molecule has 1 rings (SSSR count). The molecule has 1 unspecified atom stereocenters. The predicted molar refractivity (Wildman–Crippen MR) is 29.8 cm³/mol. The molecule has 4 heteroatoms. The first-order chi connectivity index (χ1) is 3.80. The summed E-state index contributed by atoms with van der Waals surface area (Å²) < 4.78 is 18.5. The van der Waals surface area contributed by atoms with Gasteiger partial charge in [-0.25, -0.2) is 4.21 Å². The zero-order valence-electron chi connectivity index (χ0n) is 4.00. The molecule has 0 saturated carbocycles. The van der Waals surface area contributed by atoms with Gasteiger partial charge in [0.2, 0.25) is 11.1 Å². The van der Waals surface area contributed by atoms with E-state index in [2.05, 4.69) is 4.98 Å². The Morgan fingerprint density at radius 2 is 2.50 bits per heavy atom. The fourth-order valence-electron chi connectivity index (χ4n) is 0.422. The van der Waals surface area contributed by atoms with Gasteiger partial charge in [0, 0.05) is 6.20 Å². The largest absolute Gasteiger partial charge is 0.353 e. The van der Waals surface area contributed by atoms with Gasteiger partial charge in [-0.15, -0.1) is 0 Å².